The van der Waals surface area contributed by atoms with E-state index in [-0.39, 0.29) is 6.04 Å². The Balaban J connectivity index is 1.87. The number of rotatable bonds is 1. The molecule has 0 radical (unpaired) electrons. The second-order valence-corrected chi connectivity index (χ2v) is 5.29. The number of halogens is 2. The van der Waals surface area contributed by atoms with Crippen LogP contribution in [0.25, 0.3) is 0 Å². The van der Waals surface area contributed by atoms with Crippen molar-refractivity contribution in [1.29, 1.82) is 0 Å². The van der Waals surface area contributed by atoms with Crippen molar-refractivity contribution < 1.29 is 8.78 Å². The van der Waals surface area contributed by atoms with Gasteiger partial charge in [0.2, 0.25) is 0 Å². The summed E-state index contributed by atoms with van der Waals surface area (Å²) < 4.78 is 26.6. The third-order valence-corrected chi connectivity index (χ3v) is 3.96. The number of hydrazine groups is 1. The summed E-state index contributed by atoms with van der Waals surface area (Å²) >= 11 is 0. The summed E-state index contributed by atoms with van der Waals surface area (Å²) in [4.78, 5) is 2.26. The van der Waals surface area contributed by atoms with Crippen molar-refractivity contribution in [2.45, 2.75) is 18.5 Å². The molecule has 2 N–H and O–H groups in total. The van der Waals surface area contributed by atoms with Gasteiger partial charge in [0.1, 0.15) is 11.6 Å². The molecule has 5 heteroatoms. The lowest BCUT2D eigenvalue weighted by molar-refractivity contribution is 0.185. The lowest BCUT2D eigenvalue weighted by Crippen LogP contribution is -2.43. The topological polar surface area (TPSA) is 27.3 Å². The van der Waals surface area contributed by atoms with Crippen molar-refractivity contribution >= 4 is 0 Å². The Morgan fingerprint density at radius 3 is 2.61 bits per heavy atom. The molecule has 3 rings (SSSR count). The minimum absolute atomic E-state index is 0.0250. The second-order valence-electron chi connectivity index (χ2n) is 5.29. The van der Waals surface area contributed by atoms with Crippen LogP contribution in [0.1, 0.15) is 18.0 Å². The molecule has 0 spiro atoms. The molecule has 0 aliphatic carbocycles. The average molecular weight is 253 g/mol. The van der Waals surface area contributed by atoms with Crippen molar-refractivity contribution in [3.8, 4) is 0 Å². The Hall–Kier alpha value is -1.04. The molecule has 0 amide bonds. The molecule has 1 aromatic rings. The zero-order valence-corrected chi connectivity index (χ0v) is 10.3. The summed E-state index contributed by atoms with van der Waals surface area (Å²) in [7, 11) is 2.08. The molecule has 18 heavy (non-hydrogen) atoms. The van der Waals surface area contributed by atoms with E-state index in [1.165, 1.54) is 12.1 Å². The first kappa shape index (κ1) is 12.0. The van der Waals surface area contributed by atoms with E-state index in [4.69, 9.17) is 0 Å². The van der Waals surface area contributed by atoms with E-state index < -0.39 is 11.6 Å². The van der Waals surface area contributed by atoms with Crippen LogP contribution in [-0.2, 0) is 0 Å². The molecule has 2 fully saturated rings. The number of nitrogens with zero attached hydrogens (tertiary/aromatic N) is 1. The molecule has 0 aromatic heterocycles. The van der Waals surface area contributed by atoms with Gasteiger partial charge in [-0.2, -0.15) is 0 Å². The molecule has 2 aliphatic rings. The Morgan fingerprint density at radius 2 is 1.89 bits per heavy atom. The predicted octanol–water partition coefficient (Wildman–Crippen LogP) is 1.43. The Labute approximate surface area is 105 Å². The van der Waals surface area contributed by atoms with Crippen LogP contribution in [0.2, 0.25) is 0 Å². The minimum Gasteiger partial charge on any atom is -0.306 e. The van der Waals surface area contributed by atoms with E-state index in [2.05, 4.69) is 22.8 Å². The smallest absolute Gasteiger partial charge is 0.126 e. The van der Waals surface area contributed by atoms with Crippen molar-refractivity contribution in [2.24, 2.45) is 5.92 Å². The lowest BCUT2D eigenvalue weighted by atomic mass is 9.85. The van der Waals surface area contributed by atoms with Crippen molar-refractivity contribution in [1.82, 2.24) is 15.8 Å². The number of likely N-dealkylation sites (tertiary alicyclic amines) is 1. The monoisotopic (exact) mass is 253 g/mol. The van der Waals surface area contributed by atoms with Crippen LogP contribution in [0.5, 0.6) is 0 Å². The highest BCUT2D eigenvalue weighted by Gasteiger charge is 2.39. The maximum absolute atomic E-state index is 13.3. The maximum Gasteiger partial charge on any atom is 0.126 e. The minimum atomic E-state index is -0.514. The number of hydrogen-bond donors (Lipinski definition) is 2. The molecule has 0 bridgehead atoms. The molecule has 98 valence electrons. The fraction of sp³-hybridized carbons (Fsp3) is 0.538. The van der Waals surface area contributed by atoms with E-state index in [1.807, 2.05) is 0 Å². The SMILES string of the molecule is CN1CCC2NNC(c3cc(F)cc(F)c3)C2C1. The number of benzene rings is 1. The molecule has 2 heterocycles. The van der Waals surface area contributed by atoms with Crippen LogP contribution < -0.4 is 10.9 Å². The van der Waals surface area contributed by atoms with Crippen LogP contribution in [0, 0.1) is 17.6 Å². The largest absolute Gasteiger partial charge is 0.306 e. The molecule has 3 atom stereocenters. The molecule has 1 aromatic carbocycles. The first-order chi connectivity index (χ1) is 8.63. The second kappa shape index (κ2) is 4.57. The van der Waals surface area contributed by atoms with Gasteiger partial charge >= 0.3 is 0 Å². The third-order valence-electron chi connectivity index (χ3n) is 3.96. The van der Waals surface area contributed by atoms with Gasteiger partial charge in [0.25, 0.3) is 0 Å². The molecule has 3 nitrogen and oxygen atoms in total. The van der Waals surface area contributed by atoms with Gasteiger partial charge in [-0.05, 0) is 37.7 Å². The summed E-state index contributed by atoms with van der Waals surface area (Å²) in [6.45, 7) is 1.99. The number of hydrogen-bond acceptors (Lipinski definition) is 3. The summed E-state index contributed by atoms with van der Waals surface area (Å²) in [5.74, 6) is -0.677. The highest BCUT2D eigenvalue weighted by Crippen LogP contribution is 2.33. The van der Waals surface area contributed by atoms with Crippen LogP contribution >= 0.6 is 0 Å². The van der Waals surface area contributed by atoms with Crippen LogP contribution in [-0.4, -0.2) is 31.1 Å². The number of nitrogens with one attached hydrogen (secondary N) is 2. The van der Waals surface area contributed by atoms with Crippen molar-refractivity contribution in [2.75, 3.05) is 20.1 Å². The molecule has 3 unspecified atom stereocenters. The van der Waals surface area contributed by atoms with Crippen molar-refractivity contribution in [3.05, 3.63) is 35.4 Å². The quantitative estimate of drug-likeness (QED) is 0.793. The van der Waals surface area contributed by atoms with Gasteiger partial charge in [-0.3, -0.25) is 5.43 Å². The fourth-order valence-electron chi connectivity index (χ4n) is 3.06. The molecular formula is C13H17F2N3. The Kier molecular flexibility index (Phi) is 3.05. The van der Waals surface area contributed by atoms with E-state index in [9.17, 15) is 8.78 Å². The van der Waals surface area contributed by atoms with Crippen LogP contribution in [0.4, 0.5) is 8.78 Å². The zero-order valence-electron chi connectivity index (χ0n) is 10.3. The van der Waals surface area contributed by atoms with Gasteiger partial charge in [-0.1, -0.05) is 0 Å². The van der Waals surface area contributed by atoms with Gasteiger partial charge in [0.05, 0.1) is 6.04 Å². The van der Waals surface area contributed by atoms with Gasteiger partial charge < -0.3 is 4.90 Å². The van der Waals surface area contributed by atoms with Crippen LogP contribution in [0.15, 0.2) is 18.2 Å². The van der Waals surface area contributed by atoms with E-state index in [0.717, 1.165) is 25.6 Å². The van der Waals surface area contributed by atoms with Gasteiger partial charge in [-0.25, -0.2) is 14.2 Å². The summed E-state index contributed by atoms with van der Waals surface area (Å²) in [5.41, 5.74) is 7.11. The van der Waals surface area contributed by atoms with E-state index in [1.54, 1.807) is 0 Å². The first-order valence-corrected chi connectivity index (χ1v) is 6.29. The fourth-order valence-corrected chi connectivity index (χ4v) is 3.06. The average Bonchev–Trinajstić information content (AvgIpc) is 2.70. The predicted molar refractivity (Wildman–Crippen MR) is 64.8 cm³/mol. The summed E-state index contributed by atoms with van der Waals surface area (Å²) in [6.07, 6.45) is 1.06. The van der Waals surface area contributed by atoms with Crippen molar-refractivity contribution in [3.63, 3.8) is 0 Å². The Morgan fingerprint density at radius 1 is 1.17 bits per heavy atom. The van der Waals surface area contributed by atoms with Gasteiger partial charge in [0, 0.05) is 24.6 Å². The third kappa shape index (κ3) is 2.13. The zero-order chi connectivity index (χ0) is 12.7. The van der Waals surface area contributed by atoms with Crippen LogP contribution in [0.3, 0.4) is 0 Å². The number of fused-ring (bicyclic) bond motifs is 1. The number of piperidine rings is 1. The standard InChI is InChI=1S/C13H17F2N3/c1-18-3-2-12-11(7-18)13(17-16-12)8-4-9(14)6-10(15)5-8/h4-6,11-13,16-17H,2-3,7H2,1H3. The summed E-state index contributed by atoms with van der Waals surface area (Å²) in [5, 5.41) is 0. The molecule has 2 aliphatic heterocycles. The van der Waals surface area contributed by atoms with E-state index in [0.29, 0.717) is 17.5 Å². The highest BCUT2D eigenvalue weighted by molar-refractivity contribution is 5.24. The molecule has 2 saturated heterocycles. The highest BCUT2D eigenvalue weighted by atomic mass is 19.1. The normalized spacial score (nSPS) is 32.5. The molecular weight excluding hydrogens is 236 g/mol. The Bertz CT molecular complexity index is 432. The summed E-state index contributed by atoms with van der Waals surface area (Å²) in [6, 6.07) is 4.11. The van der Waals surface area contributed by atoms with Gasteiger partial charge in [-0.15, -0.1) is 0 Å². The lowest BCUT2D eigenvalue weighted by Gasteiger charge is -2.33. The first-order valence-electron chi connectivity index (χ1n) is 6.29. The molecule has 0 saturated carbocycles. The van der Waals surface area contributed by atoms with Gasteiger partial charge in [0.15, 0.2) is 0 Å². The van der Waals surface area contributed by atoms with E-state index >= 15 is 0 Å². The maximum atomic E-state index is 13.3.